The average molecular weight is 97.2 g/mol. The second-order valence-corrected chi connectivity index (χ2v) is 2.06. The van der Waals surface area contributed by atoms with Gasteiger partial charge >= 0.3 is 0 Å². The first-order chi connectivity index (χ1) is 3.34. The predicted molar refractivity (Wildman–Crippen MR) is 30.7 cm³/mol. The van der Waals surface area contributed by atoms with E-state index in [0.29, 0.717) is 0 Å². The molecule has 1 rings (SSSR count). The molecule has 1 aliphatic carbocycles. The van der Waals surface area contributed by atoms with Crippen LogP contribution in [0.5, 0.6) is 0 Å². The van der Waals surface area contributed by atoms with Crippen LogP contribution in [0.4, 0.5) is 0 Å². The summed E-state index contributed by atoms with van der Waals surface area (Å²) >= 11 is 0. The number of hydrogen-bond donors (Lipinski definition) is 1. The van der Waals surface area contributed by atoms with E-state index < -0.39 is 0 Å². The zero-order valence-electron chi connectivity index (χ0n) is 4.65. The van der Waals surface area contributed by atoms with Gasteiger partial charge in [-0.2, -0.15) is 0 Å². The monoisotopic (exact) mass is 97.1 g/mol. The summed E-state index contributed by atoms with van der Waals surface area (Å²) in [6, 6.07) is 0. The van der Waals surface area contributed by atoms with Gasteiger partial charge in [0.1, 0.15) is 0 Å². The van der Waals surface area contributed by atoms with E-state index in [0.717, 1.165) is 11.6 Å². The summed E-state index contributed by atoms with van der Waals surface area (Å²) in [5, 5.41) is 0. The lowest BCUT2D eigenvalue weighted by atomic mass is 10.3. The van der Waals surface area contributed by atoms with Crippen molar-refractivity contribution in [1.29, 1.82) is 0 Å². The molecule has 0 bridgehead atoms. The topological polar surface area (TPSA) is 26.0 Å². The van der Waals surface area contributed by atoms with Gasteiger partial charge in [-0.05, 0) is 25.7 Å². The van der Waals surface area contributed by atoms with Crippen LogP contribution in [0.25, 0.3) is 0 Å². The standard InChI is InChI=1S/C6H11N/c1-2-6(7)5-3-4-5/h2,5H,3-4,7H2,1H3. The Hall–Kier alpha value is -0.460. The molecule has 0 amide bonds. The van der Waals surface area contributed by atoms with Crippen molar-refractivity contribution in [2.24, 2.45) is 11.7 Å². The zero-order valence-corrected chi connectivity index (χ0v) is 4.65. The van der Waals surface area contributed by atoms with Crippen molar-refractivity contribution in [3.8, 4) is 0 Å². The highest BCUT2D eigenvalue weighted by Crippen LogP contribution is 2.33. The molecule has 1 fully saturated rings. The van der Waals surface area contributed by atoms with Crippen LogP contribution in [-0.2, 0) is 0 Å². The average Bonchev–Trinajstić information content (AvgIpc) is 2.44. The van der Waals surface area contributed by atoms with Gasteiger partial charge in [0.05, 0.1) is 0 Å². The Balaban J connectivity index is 2.37. The Morgan fingerprint density at radius 3 is 2.43 bits per heavy atom. The molecular weight excluding hydrogens is 86.1 g/mol. The van der Waals surface area contributed by atoms with Gasteiger partial charge in [0.2, 0.25) is 0 Å². The van der Waals surface area contributed by atoms with Crippen LogP contribution in [0.1, 0.15) is 19.8 Å². The SMILES string of the molecule is CC=C(N)C1CC1. The van der Waals surface area contributed by atoms with E-state index in [2.05, 4.69) is 0 Å². The molecule has 1 heteroatoms. The molecule has 40 valence electrons. The summed E-state index contributed by atoms with van der Waals surface area (Å²) in [6.45, 7) is 1.99. The molecule has 0 radical (unpaired) electrons. The minimum atomic E-state index is 0.755. The molecule has 0 aromatic rings. The lowest BCUT2D eigenvalue weighted by molar-refractivity contribution is 0.975. The summed E-state index contributed by atoms with van der Waals surface area (Å²) in [5.41, 5.74) is 6.62. The molecule has 7 heavy (non-hydrogen) atoms. The molecule has 0 aromatic carbocycles. The lowest BCUT2D eigenvalue weighted by Crippen LogP contribution is -1.96. The fourth-order valence-electron chi connectivity index (χ4n) is 0.652. The van der Waals surface area contributed by atoms with Crippen molar-refractivity contribution < 1.29 is 0 Å². The molecule has 0 saturated heterocycles. The Morgan fingerprint density at radius 1 is 1.71 bits per heavy atom. The molecule has 0 unspecified atom stereocenters. The summed E-state index contributed by atoms with van der Waals surface area (Å²) in [7, 11) is 0. The lowest BCUT2D eigenvalue weighted by Gasteiger charge is -1.89. The van der Waals surface area contributed by atoms with Crippen molar-refractivity contribution in [2.45, 2.75) is 19.8 Å². The molecule has 0 aliphatic heterocycles. The first kappa shape index (κ1) is 4.69. The molecular formula is C6H11N. The third-order valence-electron chi connectivity index (χ3n) is 1.38. The molecule has 1 nitrogen and oxygen atoms in total. The highest BCUT2D eigenvalue weighted by atomic mass is 14.6. The van der Waals surface area contributed by atoms with E-state index in [1.807, 2.05) is 13.0 Å². The Morgan fingerprint density at radius 2 is 2.29 bits per heavy atom. The maximum Gasteiger partial charge on any atom is 0.00686 e. The van der Waals surface area contributed by atoms with Gasteiger partial charge in [-0.15, -0.1) is 0 Å². The van der Waals surface area contributed by atoms with Crippen LogP contribution in [0.15, 0.2) is 11.8 Å². The van der Waals surface area contributed by atoms with E-state index in [9.17, 15) is 0 Å². The van der Waals surface area contributed by atoms with E-state index in [1.165, 1.54) is 12.8 Å². The van der Waals surface area contributed by atoms with E-state index in [-0.39, 0.29) is 0 Å². The second kappa shape index (κ2) is 1.57. The van der Waals surface area contributed by atoms with Crippen LogP contribution >= 0.6 is 0 Å². The largest absolute Gasteiger partial charge is 0.402 e. The van der Waals surface area contributed by atoms with Crippen molar-refractivity contribution in [3.63, 3.8) is 0 Å². The van der Waals surface area contributed by atoms with Crippen LogP contribution in [-0.4, -0.2) is 0 Å². The maximum atomic E-state index is 5.54. The van der Waals surface area contributed by atoms with Crippen molar-refractivity contribution in [2.75, 3.05) is 0 Å². The number of allylic oxidation sites excluding steroid dienone is 2. The normalized spacial score (nSPS) is 22.7. The third kappa shape index (κ3) is 0.952. The van der Waals surface area contributed by atoms with Crippen LogP contribution < -0.4 is 5.73 Å². The summed E-state index contributed by atoms with van der Waals surface area (Å²) in [5.74, 6) is 0.755. The summed E-state index contributed by atoms with van der Waals surface area (Å²) < 4.78 is 0. The highest BCUT2D eigenvalue weighted by molar-refractivity contribution is 5.06. The molecule has 0 heterocycles. The summed E-state index contributed by atoms with van der Waals surface area (Å²) in [6.07, 6.45) is 4.63. The van der Waals surface area contributed by atoms with Crippen molar-refractivity contribution >= 4 is 0 Å². The molecule has 0 aromatic heterocycles. The van der Waals surface area contributed by atoms with Crippen molar-refractivity contribution in [1.82, 2.24) is 0 Å². The third-order valence-corrected chi connectivity index (χ3v) is 1.38. The molecule has 1 saturated carbocycles. The number of rotatable bonds is 1. The molecule has 1 aliphatic rings. The van der Waals surface area contributed by atoms with Gasteiger partial charge in [0, 0.05) is 5.70 Å². The van der Waals surface area contributed by atoms with Gasteiger partial charge in [0.15, 0.2) is 0 Å². The molecule has 0 atom stereocenters. The second-order valence-electron chi connectivity index (χ2n) is 2.06. The van der Waals surface area contributed by atoms with Gasteiger partial charge in [-0.3, -0.25) is 0 Å². The summed E-state index contributed by atoms with van der Waals surface area (Å²) in [4.78, 5) is 0. The minimum absolute atomic E-state index is 0.755. The first-order valence-corrected chi connectivity index (χ1v) is 2.76. The Kier molecular flexibility index (Phi) is 1.05. The number of hydrogen-bond acceptors (Lipinski definition) is 1. The van der Waals surface area contributed by atoms with Gasteiger partial charge < -0.3 is 5.73 Å². The van der Waals surface area contributed by atoms with Gasteiger partial charge in [0.25, 0.3) is 0 Å². The van der Waals surface area contributed by atoms with Gasteiger partial charge in [-0.25, -0.2) is 0 Å². The Bertz CT molecular complexity index is 90.4. The van der Waals surface area contributed by atoms with E-state index in [1.54, 1.807) is 0 Å². The zero-order chi connectivity index (χ0) is 5.28. The minimum Gasteiger partial charge on any atom is -0.402 e. The fourth-order valence-corrected chi connectivity index (χ4v) is 0.652. The highest BCUT2D eigenvalue weighted by Gasteiger charge is 2.22. The van der Waals surface area contributed by atoms with Crippen LogP contribution in [0.3, 0.4) is 0 Å². The fraction of sp³-hybridized carbons (Fsp3) is 0.667. The van der Waals surface area contributed by atoms with Gasteiger partial charge in [-0.1, -0.05) is 6.08 Å². The predicted octanol–water partition coefficient (Wildman–Crippen LogP) is 1.26. The first-order valence-electron chi connectivity index (χ1n) is 2.76. The van der Waals surface area contributed by atoms with Crippen LogP contribution in [0, 0.1) is 5.92 Å². The van der Waals surface area contributed by atoms with E-state index in [4.69, 9.17) is 5.73 Å². The van der Waals surface area contributed by atoms with E-state index >= 15 is 0 Å². The maximum absolute atomic E-state index is 5.54. The smallest absolute Gasteiger partial charge is 0.00686 e. The molecule has 0 spiro atoms. The number of nitrogens with two attached hydrogens (primary N) is 1. The molecule has 2 N–H and O–H groups in total. The van der Waals surface area contributed by atoms with Crippen molar-refractivity contribution in [3.05, 3.63) is 11.8 Å². The Labute approximate surface area is 44.2 Å². The quantitative estimate of drug-likeness (QED) is 0.523. The van der Waals surface area contributed by atoms with Crippen LogP contribution in [0.2, 0.25) is 0 Å².